The molecule has 2 aromatic rings. The number of hydrogen-bond donors (Lipinski definition) is 0. The number of thiophene rings is 1. The van der Waals surface area contributed by atoms with E-state index >= 15 is 0 Å². The summed E-state index contributed by atoms with van der Waals surface area (Å²) < 4.78 is 0. The van der Waals surface area contributed by atoms with Crippen molar-refractivity contribution in [3.8, 4) is 0 Å². The van der Waals surface area contributed by atoms with E-state index in [1.54, 1.807) is 11.3 Å². The SMILES string of the molecule is Cc1ccc(CC(=O)c2cscc2C)cc1C. The lowest BCUT2D eigenvalue weighted by Crippen LogP contribution is -2.04. The quantitative estimate of drug-likeness (QED) is 0.743. The minimum Gasteiger partial charge on any atom is -0.294 e. The van der Waals surface area contributed by atoms with Gasteiger partial charge in [0.1, 0.15) is 0 Å². The molecule has 2 heteroatoms. The fourth-order valence-corrected chi connectivity index (χ4v) is 2.69. The predicted molar refractivity (Wildman–Crippen MR) is 73.0 cm³/mol. The van der Waals surface area contributed by atoms with E-state index in [-0.39, 0.29) is 5.78 Å². The summed E-state index contributed by atoms with van der Waals surface area (Å²) in [5.41, 5.74) is 5.58. The summed E-state index contributed by atoms with van der Waals surface area (Å²) >= 11 is 1.59. The van der Waals surface area contributed by atoms with Crippen LogP contribution in [0.4, 0.5) is 0 Å². The second-order valence-electron chi connectivity index (χ2n) is 4.49. The van der Waals surface area contributed by atoms with Crippen LogP contribution in [0.2, 0.25) is 0 Å². The zero-order chi connectivity index (χ0) is 12.4. The van der Waals surface area contributed by atoms with E-state index in [1.807, 2.05) is 23.8 Å². The molecule has 2 rings (SSSR count). The molecule has 88 valence electrons. The molecule has 0 aliphatic heterocycles. The molecule has 0 spiro atoms. The van der Waals surface area contributed by atoms with E-state index in [9.17, 15) is 4.79 Å². The number of carbonyl (C=O) groups excluding carboxylic acids is 1. The van der Waals surface area contributed by atoms with Crippen molar-refractivity contribution in [3.05, 3.63) is 56.8 Å². The van der Waals surface area contributed by atoms with Gasteiger partial charge in [-0.05, 0) is 48.4 Å². The predicted octanol–water partition coefficient (Wildman–Crippen LogP) is 4.10. The van der Waals surface area contributed by atoms with Gasteiger partial charge in [0.15, 0.2) is 5.78 Å². The third kappa shape index (κ3) is 2.64. The van der Waals surface area contributed by atoms with E-state index in [1.165, 1.54) is 11.1 Å². The number of hydrogen-bond acceptors (Lipinski definition) is 2. The number of ketones is 1. The van der Waals surface area contributed by atoms with Crippen LogP contribution in [0, 0.1) is 20.8 Å². The highest BCUT2D eigenvalue weighted by atomic mass is 32.1. The molecule has 0 saturated heterocycles. The summed E-state index contributed by atoms with van der Waals surface area (Å²) in [6.07, 6.45) is 0.499. The Morgan fingerprint density at radius 2 is 1.82 bits per heavy atom. The van der Waals surface area contributed by atoms with Gasteiger partial charge in [0.05, 0.1) is 0 Å². The van der Waals surface area contributed by atoms with Gasteiger partial charge in [0, 0.05) is 17.4 Å². The highest BCUT2D eigenvalue weighted by molar-refractivity contribution is 7.08. The van der Waals surface area contributed by atoms with Gasteiger partial charge in [-0.15, -0.1) is 0 Å². The first-order valence-corrected chi connectivity index (χ1v) is 6.64. The Bertz CT molecular complexity index is 552. The largest absolute Gasteiger partial charge is 0.294 e. The van der Waals surface area contributed by atoms with Gasteiger partial charge >= 0.3 is 0 Å². The fraction of sp³-hybridized carbons (Fsp3) is 0.267. The number of benzene rings is 1. The average Bonchev–Trinajstić information content (AvgIpc) is 2.70. The minimum absolute atomic E-state index is 0.215. The lowest BCUT2D eigenvalue weighted by atomic mass is 9.99. The molecule has 0 saturated carbocycles. The summed E-state index contributed by atoms with van der Waals surface area (Å²) in [6.45, 7) is 6.16. The van der Waals surface area contributed by atoms with Gasteiger partial charge in [-0.1, -0.05) is 18.2 Å². The molecule has 0 N–H and O–H groups in total. The van der Waals surface area contributed by atoms with Crippen LogP contribution in [-0.2, 0) is 6.42 Å². The van der Waals surface area contributed by atoms with Crippen LogP contribution in [0.1, 0.15) is 32.6 Å². The molecule has 1 heterocycles. The van der Waals surface area contributed by atoms with Gasteiger partial charge in [-0.25, -0.2) is 0 Å². The molecule has 0 atom stereocenters. The van der Waals surface area contributed by atoms with Gasteiger partial charge in [0.2, 0.25) is 0 Å². The number of Topliss-reactive ketones (excluding diaryl/α,β-unsaturated/α-hetero) is 1. The lowest BCUT2D eigenvalue weighted by Gasteiger charge is -2.04. The lowest BCUT2D eigenvalue weighted by molar-refractivity contribution is 0.0993. The number of rotatable bonds is 3. The van der Waals surface area contributed by atoms with Crippen molar-refractivity contribution in [1.29, 1.82) is 0 Å². The molecule has 17 heavy (non-hydrogen) atoms. The highest BCUT2D eigenvalue weighted by Gasteiger charge is 2.10. The fourth-order valence-electron chi connectivity index (χ4n) is 1.84. The Balaban J connectivity index is 2.19. The molecule has 1 nitrogen and oxygen atoms in total. The molecule has 0 unspecified atom stereocenters. The van der Waals surface area contributed by atoms with E-state index in [2.05, 4.69) is 26.0 Å². The third-order valence-corrected chi connectivity index (χ3v) is 3.95. The number of carbonyl (C=O) groups is 1. The van der Waals surface area contributed by atoms with Crippen molar-refractivity contribution in [2.24, 2.45) is 0 Å². The van der Waals surface area contributed by atoms with E-state index in [4.69, 9.17) is 0 Å². The second-order valence-corrected chi connectivity index (χ2v) is 5.23. The van der Waals surface area contributed by atoms with Crippen LogP contribution in [0.5, 0.6) is 0 Å². The van der Waals surface area contributed by atoms with Crippen LogP contribution >= 0.6 is 11.3 Å². The Kier molecular flexibility index (Phi) is 3.43. The number of aryl methyl sites for hydroxylation is 3. The third-order valence-electron chi connectivity index (χ3n) is 3.09. The molecule has 1 aromatic carbocycles. The zero-order valence-corrected chi connectivity index (χ0v) is 11.2. The average molecular weight is 244 g/mol. The van der Waals surface area contributed by atoms with Crippen LogP contribution in [0.25, 0.3) is 0 Å². The maximum Gasteiger partial charge on any atom is 0.168 e. The zero-order valence-electron chi connectivity index (χ0n) is 10.4. The van der Waals surface area contributed by atoms with Crippen molar-refractivity contribution in [1.82, 2.24) is 0 Å². The molecule has 0 aliphatic rings. The topological polar surface area (TPSA) is 17.1 Å². The Morgan fingerprint density at radius 1 is 1.06 bits per heavy atom. The first-order valence-electron chi connectivity index (χ1n) is 5.70. The monoisotopic (exact) mass is 244 g/mol. The maximum absolute atomic E-state index is 12.1. The standard InChI is InChI=1S/C15H16OS/c1-10-4-5-13(6-11(10)2)7-15(16)14-9-17-8-12(14)3/h4-6,8-9H,7H2,1-3H3. The second kappa shape index (κ2) is 4.84. The van der Waals surface area contributed by atoms with Gasteiger partial charge in [-0.3, -0.25) is 4.79 Å². The maximum atomic E-state index is 12.1. The van der Waals surface area contributed by atoms with Crippen molar-refractivity contribution < 1.29 is 4.79 Å². The summed E-state index contributed by atoms with van der Waals surface area (Å²) in [6, 6.07) is 6.23. The van der Waals surface area contributed by atoms with Crippen molar-refractivity contribution >= 4 is 17.1 Å². The van der Waals surface area contributed by atoms with Crippen LogP contribution in [-0.4, -0.2) is 5.78 Å². The molecule has 0 radical (unpaired) electrons. The van der Waals surface area contributed by atoms with Crippen LogP contribution < -0.4 is 0 Å². The summed E-state index contributed by atoms with van der Waals surface area (Å²) in [4.78, 5) is 12.1. The van der Waals surface area contributed by atoms with Gasteiger partial charge in [0.25, 0.3) is 0 Å². The van der Waals surface area contributed by atoms with Crippen LogP contribution in [0.15, 0.2) is 29.0 Å². The molecule has 1 aromatic heterocycles. The van der Waals surface area contributed by atoms with E-state index in [0.717, 1.165) is 16.7 Å². The normalized spacial score (nSPS) is 10.5. The van der Waals surface area contributed by atoms with E-state index in [0.29, 0.717) is 6.42 Å². The summed E-state index contributed by atoms with van der Waals surface area (Å²) in [5.74, 6) is 0.215. The Labute approximate surface area is 106 Å². The van der Waals surface area contributed by atoms with Crippen molar-refractivity contribution in [2.75, 3.05) is 0 Å². The Hall–Kier alpha value is -1.41. The first-order chi connectivity index (χ1) is 8.08. The minimum atomic E-state index is 0.215. The Morgan fingerprint density at radius 3 is 2.41 bits per heavy atom. The highest BCUT2D eigenvalue weighted by Crippen LogP contribution is 2.17. The molecule has 0 amide bonds. The molecular weight excluding hydrogens is 228 g/mol. The molecule has 0 aliphatic carbocycles. The first kappa shape index (κ1) is 12.1. The van der Waals surface area contributed by atoms with Gasteiger partial charge < -0.3 is 0 Å². The van der Waals surface area contributed by atoms with Crippen molar-refractivity contribution in [3.63, 3.8) is 0 Å². The summed E-state index contributed by atoms with van der Waals surface area (Å²) in [5, 5.41) is 3.96. The van der Waals surface area contributed by atoms with Crippen molar-refractivity contribution in [2.45, 2.75) is 27.2 Å². The smallest absolute Gasteiger partial charge is 0.168 e. The molecule has 0 bridgehead atoms. The van der Waals surface area contributed by atoms with Crippen LogP contribution in [0.3, 0.4) is 0 Å². The van der Waals surface area contributed by atoms with Gasteiger partial charge in [-0.2, -0.15) is 11.3 Å². The molecular formula is C15H16OS. The van der Waals surface area contributed by atoms with E-state index < -0.39 is 0 Å². The summed E-state index contributed by atoms with van der Waals surface area (Å²) in [7, 11) is 0. The molecule has 0 fully saturated rings.